The lowest BCUT2D eigenvalue weighted by Gasteiger charge is -2.22. The quantitative estimate of drug-likeness (QED) is 0.526. The van der Waals surface area contributed by atoms with Gasteiger partial charge in [0.25, 0.3) is 0 Å². The lowest BCUT2D eigenvalue weighted by atomic mass is 10.4. The molecule has 0 aliphatic carbocycles. The molecule has 12 heavy (non-hydrogen) atoms. The Labute approximate surface area is 82.8 Å². The van der Waals surface area contributed by atoms with Gasteiger partial charge in [0.15, 0.2) is 0 Å². The highest BCUT2D eigenvalue weighted by Crippen LogP contribution is 2.22. The van der Waals surface area contributed by atoms with Crippen LogP contribution in [0.15, 0.2) is 16.2 Å². The van der Waals surface area contributed by atoms with E-state index in [2.05, 4.69) is 10.3 Å². The van der Waals surface area contributed by atoms with Gasteiger partial charge in [0, 0.05) is 6.08 Å². The minimum absolute atomic E-state index is 0.0346. The van der Waals surface area contributed by atoms with Crippen LogP contribution in [0, 0.1) is 0 Å². The Morgan fingerprint density at radius 2 is 2.25 bits per heavy atom. The highest BCUT2D eigenvalue weighted by molar-refractivity contribution is 6.69. The van der Waals surface area contributed by atoms with E-state index in [0.29, 0.717) is 0 Å². The third-order valence-electron chi connectivity index (χ3n) is 1.08. The van der Waals surface area contributed by atoms with Crippen LogP contribution >= 0.6 is 34.8 Å². The fourth-order valence-electron chi connectivity index (χ4n) is 0.608. The number of halogens is 3. The summed E-state index contributed by atoms with van der Waals surface area (Å²) in [5.74, 6) is -1.37. The van der Waals surface area contributed by atoms with Crippen LogP contribution in [0.3, 0.4) is 0 Å². The van der Waals surface area contributed by atoms with Crippen molar-refractivity contribution in [3.05, 3.63) is 11.2 Å². The van der Waals surface area contributed by atoms with Crippen molar-refractivity contribution >= 4 is 45.9 Å². The van der Waals surface area contributed by atoms with E-state index in [1.54, 1.807) is 0 Å². The molecule has 1 unspecified atom stereocenters. The third kappa shape index (κ3) is 1.83. The number of hydrogen-bond acceptors (Lipinski definition) is 3. The predicted octanol–water partition coefficient (Wildman–Crippen LogP) is 1.28. The molecule has 0 bridgehead atoms. The predicted molar refractivity (Wildman–Crippen MR) is 46.6 cm³/mol. The molecule has 0 radical (unpaired) electrons. The van der Waals surface area contributed by atoms with Crippen LogP contribution in [0.25, 0.3) is 0 Å². The van der Waals surface area contributed by atoms with Crippen molar-refractivity contribution in [1.29, 1.82) is 0 Å². The zero-order valence-corrected chi connectivity index (χ0v) is 7.78. The van der Waals surface area contributed by atoms with E-state index >= 15 is 0 Å². The lowest BCUT2D eigenvalue weighted by molar-refractivity contribution is -0.140. The molecule has 66 valence electrons. The molecule has 0 saturated carbocycles. The van der Waals surface area contributed by atoms with Crippen molar-refractivity contribution in [3.8, 4) is 0 Å². The van der Waals surface area contributed by atoms with Crippen molar-refractivity contribution in [3.63, 3.8) is 0 Å². The molecular formula is C5H3Cl3N2O2. The van der Waals surface area contributed by atoms with E-state index in [9.17, 15) is 4.79 Å². The Morgan fingerprint density at radius 1 is 1.67 bits per heavy atom. The molecule has 4 nitrogen and oxygen atoms in total. The average Bonchev–Trinajstić information content (AvgIpc) is 1.82. The van der Waals surface area contributed by atoms with E-state index in [1.807, 2.05) is 0 Å². The SMILES string of the molecule is O=C(O)C1(Cl)N=C(Cl)C=C(Cl)N1. The van der Waals surface area contributed by atoms with Crippen LogP contribution in [0.5, 0.6) is 0 Å². The molecule has 0 fully saturated rings. The first-order chi connectivity index (χ1) is 5.44. The summed E-state index contributed by atoms with van der Waals surface area (Å²) < 4.78 is 0. The van der Waals surface area contributed by atoms with Crippen LogP contribution in [0.4, 0.5) is 0 Å². The Bertz CT molecular complexity index is 288. The number of nitrogens with zero attached hydrogens (tertiary/aromatic N) is 1. The van der Waals surface area contributed by atoms with Crippen molar-refractivity contribution in [2.24, 2.45) is 4.99 Å². The van der Waals surface area contributed by atoms with Crippen LogP contribution < -0.4 is 5.32 Å². The van der Waals surface area contributed by atoms with Gasteiger partial charge >= 0.3 is 11.1 Å². The van der Waals surface area contributed by atoms with Gasteiger partial charge < -0.3 is 10.4 Å². The van der Waals surface area contributed by atoms with Gasteiger partial charge in [-0.2, -0.15) is 0 Å². The molecule has 1 atom stereocenters. The van der Waals surface area contributed by atoms with Gasteiger partial charge in [0.1, 0.15) is 10.3 Å². The average molecular weight is 229 g/mol. The van der Waals surface area contributed by atoms with Crippen molar-refractivity contribution in [2.45, 2.75) is 5.12 Å². The first kappa shape index (κ1) is 9.64. The summed E-state index contributed by atoms with van der Waals surface area (Å²) in [6.45, 7) is 0. The van der Waals surface area contributed by atoms with E-state index in [0.717, 1.165) is 0 Å². The van der Waals surface area contributed by atoms with Crippen LogP contribution in [-0.2, 0) is 4.79 Å². The number of carbonyl (C=O) groups is 1. The summed E-state index contributed by atoms with van der Waals surface area (Å²) in [5, 5.41) is 8.82. The Kier molecular flexibility index (Phi) is 2.51. The first-order valence-electron chi connectivity index (χ1n) is 2.77. The lowest BCUT2D eigenvalue weighted by Crippen LogP contribution is -2.46. The minimum Gasteiger partial charge on any atom is -0.477 e. The molecule has 0 spiro atoms. The maximum Gasteiger partial charge on any atom is 0.369 e. The number of carboxylic acids is 1. The fraction of sp³-hybridized carbons (Fsp3) is 0.200. The summed E-state index contributed by atoms with van der Waals surface area (Å²) in [4.78, 5) is 14.0. The summed E-state index contributed by atoms with van der Waals surface area (Å²) in [6.07, 6.45) is 1.26. The topological polar surface area (TPSA) is 61.7 Å². The summed E-state index contributed by atoms with van der Waals surface area (Å²) in [7, 11) is 0. The van der Waals surface area contributed by atoms with Crippen LogP contribution in [0.1, 0.15) is 0 Å². The molecule has 0 amide bonds. The van der Waals surface area contributed by atoms with Crippen molar-refractivity contribution < 1.29 is 9.90 Å². The monoisotopic (exact) mass is 228 g/mol. The highest BCUT2D eigenvalue weighted by Gasteiger charge is 2.38. The van der Waals surface area contributed by atoms with Gasteiger partial charge in [-0.25, -0.2) is 9.79 Å². The molecule has 0 aromatic heterocycles. The maximum absolute atomic E-state index is 10.5. The second-order valence-electron chi connectivity index (χ2n) is 1.98. The Balaban J connectivity index is 3.00. The number of carboxylic acid groups (broad SMARTS) is 1. The zero-order chi connectivity index (χ0) is 9.35. The second kappa shape index (κ2) is 3.12. The first-order valence-corrected chi connectivity index (χ1v) is 3.90. The Morgan fingerprint density at radius 3 is 2.67 bits per heavy atom. The van der Waals surface area contributed by atoms with Gasteiger partial charge in [-0.3, -0.25) is 0 Å². The van der Waals surface area contributed by atoms with Gasteiger partial charge in [0.2, 0.25) is 0 Å². The van der Waals surface area contributed by atoms with Gasteiger partial charge in [0.05, 0.1) is 0 Å². The minimum atomic E-state index is -1.98. The molecule has 7 heteroatoms. The Hall–Kier alpha value is -0.450. The van der Waals surface area contributed by atoms with E-state index in [4.69, 9.17) is 39.9 Å². The number of allylic oxidation sites excluding steroid dienone is 1. The number of hydrogen-bond donors (Lipinski definition) is 2. The highest BCUT2D eigenvalue weighted by atomic mass is 35.5. The van der Waals surface area contributed by atoms with Crippen molar-refractivity contribution in [1.82, 2.24) is 5.32 Å². The number of aliphatic carboxylic acids is 1. The number of nitrogens with one attached hydrogen (secondary N) is 1. The fourth-order valence-corrected chi connectivity index (χ4v) is 1.42. The van der Waals surface area contributed by atoms with Gasteiger partial charge in [-0.05, 0) is 0 Å². The molecule has 0 saturated heterocycles. The molecule has 1 heterocycles. The standard InChI is InChI=1S/C5H3Cl3N2O2/c6-2-1-3(7)10-5(8,9-2)4(11)12/h1,9H,(H,11,12). The largest absolute Gasteiger partial charge is 0.477 e. The molecule has 1 aliphatic heterocycles. The number of alkyl halides is 1. The molecule has 2 N–H and O–H groups in total. The summed E-state index contributed by atoms with van der Waals surface area (Å²) >= 11 is 16.4. The van der Waals surface area contributed by atoms with E-state index in [1.165, 1.54) is 6.08 Å². The summed E-state index contributed by atoms with van der Waals surface area (Å²) in [6, 6.07) is 0. The zero-order valence-electron chi connectivity index (χ0n) is 5.51. The molecule has 1 rings (SSSR count). The smallest absolute Gasteiger partial charge is 0.369 e. The summed E-state index contributed by atoms with van der Waals surface area (Å²) in [5.41, 5.74) is 0. The van der Waals surface area contributed by atoms with E-state index in [-0.39, 0.29) is 10.3 Å². The molecular weight excluding hydrogens is 226 g/mol. The van der Waals surface area contributed by atoms with Crippen molar-refractivity contribution in [2.75, 3.05) is 0 Å². The normalized spacial score (nSPS) is 28.6. The number of rotatable bonds is 1. The maximum atomic E-state index is 10.5. The van der Waals surface area contributed by atoms with Crippen LogP contribution in [0.2, 0.25) is 0 Å². The molecule has 0 aromatic rings. The van der Waals surface area contributed by atoms with Gasteiger partial charge in [-0.15, -0.1) is 0 Å². The third-order valence-corrected chi connectivity index (χ3v) is 1.81. The second-order valence-corrected chi connectivity index (χ2v) is 3.32. The van der Waals surface area contributed by atoms with E-state index < -0.39 is 11.1 Å². The van der Waals surface area contributed by atoms with Crippen LogP contribution in [-0.4, -0.2) is 21.4 Å². The molecule has 1 aliphatic rings. The number of aliphatic imine (C=N–C) groups is 1. The van der Waals surface area contributed by atoms with Gasteiger partial charge in [-0.1, -0.05) is 34.8 Å². The molecule has 0 aromatic carbocycles.